The van der Waals surface area contributed by atoms with Crippen molar-refractivity contribution in [2.45, 2.75) is 25.6 Å². The van der Waals surface area contributed by atoms with Crippen LogP contribution >= 0.6 is 0 Å². The first-order valence-corrected chi connectivity index (χ1v) is 9.00. The fraction of sp³-hybridized carbons (Fsp3) is 0.533. The van der Waals surface area contributed by atoms with Crippen LogP contribution in [0.2, 0.25) is 0 Å². The van der Waals surface area contributed by atoms with Crippen molar-refractivity contribution in [3.8, 4) is 0 Å². The Bertz CT molecular complexity index is 685. The molecule has 2 rings (SSSR count). The zero-order valence-electron chi connectivity index (χ0n) is 12.6. The number of benzene rings is 1. The van der Waals surface area contributed by atoms with E-state index in [-0.39, 0.29) is 41.9 Å². The van der Waals surface area contributed by atoms with Gasteiger partial charge >= 0.3 is 6.18 Å². The van der Waals surface area contributed by atoms with Crippen molar-refractivity contribution in [2.24, 2.45) is 5.92 Å². The Hall–Kier alpha value is -1.57. The fourth-order valence-corrected chi connectivity index (χ4v) is 4.58. The normalized spacial score (nSPS) is 20.4. The van der Waals surface area contributed by atoms with Gasteiger partial charge in [-0.2, -0.15) is 13.2 Å². The van der Waals surface area contributed by atoms with Gasteiger partial charge in [0.25, 0.3) is 0 Å². The zero-order valence-corrected chi connectivity index (χ0v) is 13.5. The van der Waals surface area contributed by atoms with Crippen molar-refractivity contribution < 1.29 is 26.4 Å². The lowest BCUT2D eigenvalue weighted by Gasteiger charge is -2.21. The zero-order chi connectivity index (χ0) is 17.3. The maximum absolute atomic E-state index is 12.9. The van der Waals surface area contributed by atoms with Crippen molar-refractivity contribution in [2.75, 3.05) is 18.6 Å². The molecule has 0 spiro atoms. The number of rotatable bonds is 4. The van der Waals surface area contributed by atoms with Crippen LogP contribution in [0.5, 0.6) is 0 Å². The van der Waals surface area contributed by atoms with E-state index in [1.165, 1.54) is 30.1 Å². The highest BCUT2D eigenvalue weighted by atomic mass is 32.2. The summed E-state index contributed by atoms with van der Waals surface area (Å²) in [4.78, 5) is 13.3. The quantitative estimate of drug-likeness (QED) is 0.839. The van der Waals surface area contributed by atoms with Crippen LogP contribution in [0.15, 0.2) is 24.3 Å². The summed E-state index contributed by atoms with van der Waals surface area (Å²) >= 11 is 0. The second-order valence-electron chi connectivity index (χ2n) is 5.88. The molecule has 1 amide bonds. The molecule has 1 heterocycles. The van der Waals surface area contributed by atoms with Crippen molar-refractivity contribution in [1.82, 2.24) is 4.90 Å². The lowest BCUT2D eigenvalue weighted by atomic mass is 10.0. The van der Waals surface area contributed by atoms with Crippen molar-refractivity contribution >= 4 is 15.7 Å². The van der Waals surface area contributed by atoms with Crippen LogP contribution in [0.25, 0.3) is 0 Å². The van der Waals surface area contributed by atoms with Gasteiger partial charge < -0.3 is 4.90 Å². The third-order valence-electron chi connectivity index (χ3n) is 3.95. The van der Waals surface area contributed by atoms with Gasteiger partial charge in [0.1, 0.15) is 0 Å². The molecule has 23 heavy (non-hydrogen) atoms. The Morgan fingerprint density at radius 2 is 1.96 bits per heavy atom. The highest BCUT2D eigenvalue weighted by Crippen LogP contribution is 2.32. The molecular formula is C15H18F3NO3S. The standard InChI is InChI=1S/C15H18F3NO3S/c1-19(14(20)8-11-6-7-23(21,22)10-11)9-12-4-2-3-5-13(12)15(16,17)18/h2-5,11H,6-10H2,1H3. The van der Waals surface area contributed by atoms with Gasteiger partial charge in [0.15, 0.2) is 9.84 Å². The maximum Gasteiger partial charge on any atom is 0.416 e. The summed E-state index contributed by atoms with van der Waals surface area (Å²) in [6.45, 7) is -0.159. The summed E-state index contributed by atoms with van der Waals surface area (Å²) in [5.41, 5.74) is -0.738. The molecule has 1 aromatic carbocycles. The summed E-state index contributed by atoms with van der Waals surface area (Å²) in [6, 6.07) is 5.12. The number of nitrogens with zero attached hydrogens (tertiary/aromatic N) is 1. The Kier molecular flexibility index (Phi) is 5.03. The first-order valence-electron chi connectivity index (χ1n) is 7.18. The molecule has 0 saturated carbocycles. The number of hydrogen-bond donors (Lipinski definition) is 0. The van der Waals surface area contributed by atoms with E-state index >= 15 is 0 Å². The second-order valence-corrected chi connectivity index (χ2v) is 8.11. The van der Waals surface area contributed by atoms with Crippen LogP contribution in [0.4, 0.5) is 13.2 Å². The first-order chi connectivity index (χ1) is 10.6. The van der Waals surface area contributed by atoms with E-state index < -0.39 is 21.6 Å². The lowest BCUT2D eigenvalue weighted by Crippen LogP contribution is -2.29. The van der Waals surface area contributed by atoms with E-state index in [0.717, 1.165) is 6.07 Å². The molecule has 1 unspecified atom stereocenters. The second kappa shape index (κ2) is 6.51. The van der Waals surface area contributed by atoms with Crippen molar-refractivity contribution in [3.05, 3.63) is 35.4 Å². The van der Waals surface area contributed by atoms with E-state index in [9.17, 15) is 26.4 Å². The molecule has 0 N–H and O–H groups in total. The van der Waals surface area contributed by atoms with E-state index in [2.05, 4.69) is 0 Å². The van der Waals surface area contributed by atoms with E-state index in [1.807, 2.05) is 0 Å². The molecule has 4 nitrogen and oxygen atoms in total. The fourth-order valence-electron chi connectivity index (χ4n) is 2.71. The number of carbonyl (C=O) groups is 1. The average Bonchev–Trinajstić information content (AvgIpc) is 2.77. The molecule has 0 aliphatic carbocycles. The topological polar surface area (TPSA) is 54.5 Å². The molecule has 128 valence electrons. The number of halogens is 3. The maximum atomic E-state index is 12.9. The molecule has 0 bridgehead atoms. The molecular weight excluding hydrogens is 331 g/mol. The van der Waals surface area contributed by atoms with Gasteiger partial charge in [0.05, 0.1) is 17.1 Å². The molecule has 1 aliphatic heterocycles. The highest BCUT2D eigenvalue weighted by molar-refractivity contribution is 7.91. The monoisotopic (exact) mass is 349 g/mol. The molecule has 0 radical (unpaired) electrons. The van der Waals surface area contributed by atoms with Gasteiger partial charge in [0, 0.05) is 20.0 Å². The minimum atomic E-state index is -4.47. The van der Waals surface area contributed by atoms with Gasteiger partial charge in [0.2, 0.25) is 5.91 Å². The summed E-state index contributed by atoms with van der Waals surface area (Å²) in [5.74, 6) is -0.533. The number of sulfone groups is 1. The van der Waals surface area contributed by atoms with Gasteiger partial charge in [-0.1, -0.05) is 18.2 Å². The number of hydrogen-bond acceptors (Lipinski definition) is 3. The van der Waals surface area contributed by atoms with Crippen LogP contribution in [0.1, 0.15) is 24.0 Å². The molecule has 1 saturated heterocycles. The van der Waals surface area contributed by atoms with Crippen LogP contribution in [-0.4, -0.2) is 37.8 Å². The largest absolute Gasteiger partial charge is 0.416 e. The smallest absolute Gasteiger partial charge is 0.341 e. The lowest BCUT2D eigenvalue weighted by molar-refractivity contribution is -0.139. The van der Waals surface area contributed by atoms with Gasteiger partial charge in [-0.3, -0.25) is 4.79 Å². The predicted molar refractivity (Wildman–Crippen MR) is 79.3 cm³/mol. The van der Waals surface area contributed by atoms with Crippen LogP contribution in [0, 0.1) is 5.92 Å². The van der Waals surface area contributed by atoms with Crippen LogP contribution in [-0.2, 0) is 27.4 Å². The van der Waals surface area contributed by atoms with E-state index in [0.29, 0.717) is 6.42 Å². The molecule has 1 aliphatic rings. The number of carbonyl (C=O) groups excluding carboxylic acids is 1. The summed E-state index contributed by atoms with van der Waals surface area (Å²) in [6.07, 6.45) is -4.00. The molecule has 1 aromatic rings. The van der Waals surface area contributed by atoms with Gasteiger partial charge in [-0.05, 0) is 24.0 Å². The van der Waals surface area contributed by atoms with E-state index in [4.69, 9.17) is 0 Å². The Labute approximate surface area is 133 Å². The minimum absolute atomic E-state index is 0.0221. The highest BCUT2D eigenvalue weighted by Gasteiger charge is 2.34. The average molecular weight is 349 g/mol. The summed E-state index contributed by atoms with van der Waals surface area (Å²) in [5, 5.41) is 0. The Morgan fingerprint density at radius 1 is 1.30 bits per heavy atom. The Balaban J connectivity index is 2.02. The number of alkyl halides is 3. The van der Waals surface area contributed by atoms with Crippen LogP contribution in [0.3, 0.4) is 0 Å². The minimum Gasteiger partial charge on any atom is -0.341 e. The Morgan fingerprint density at radius 3 is 2.52 bits per heavy atom. The molecule has 8 heteroatoms. The third-order valence-corrected chi connectivity index (χ3v) is 5.78. The first kappa shape index (κ1) is 17.8. The van der Waals surface area contributed by atoms with Crippen LogP contribution < -0.4 is 0 Å². The van der Waals surface area contributed by atoms with Crippen molar-refractivity contribution in [3.63, 3.8) is 0 Å². The summed E-state index contributed by atoms with van der Waals surface area (Å²) in [7, 11) is -1.64. The molecule has 0 aromatic heterocycles. The predicted octanol–water partition coefficient (Wildman–Crippen LogP) is 2.49. The summed E-state index contributed by atoms with van der Waals surface area (Å²) < 4.78 is 61.6. The molecule has 1 atom stereocenters. The van der Waals surface area contributed by atoms with Gasteiger partial charge in [-0.15, -0.1) is 0 Å². The third kappa shape index (κ3) is 4.70. The number of amides is 1. The molecule has 1 fully saturated rings. The SMILES string of the molecule is CN(Cc1ccccc1C(F)(F)F)C(=O)CC1CCS(=O)(=O)C1. The van der Waals surface area contributed by atoms with Gasteiger partial charge in [-0.25, -0.2) is 8.42 Å². The van der Waals surface area contributed by atoms with Crippen molar-refractivity contribution in [1.29, 1.82) is 0 Å². The van der Waals surface area contributed by atoms with E-state index in [1.54, 1.807) is 0 Å².